The first-order valence-electron chi connectivity index (χ1n) is 5.59. The Labute approximate surface area is 105 Å². The molecule has 0 fully saturated rings. The number of rotatable bonds is 6. The van der Waals surface area contributed by atoms with Crippen molar-refractivity contribution in [3.05, 3.63) is 47.4 Å². The molecule has 0 radical (unpaired) electrons. The smallest absolute Gasteiger partial charge is 0.315 e. The molecule has 1 heterocycles. The van der Waals surface area contributed by atoms with Crippen LogP contribution >= 0.6 is 0 Å². The molecule has 0 saturated carbocycles. The third-order valence-corrected chi connectivity index (χ3v) is 2.21. The Kier molecular flexibility index (Phi) is 5.66. The van der Waals surface area contributed by atoms with E-state index in [2.05, 4.69) is 17.2 Å². The van der Waals surface area contributed by atoms with Crippen LogP contribution in [0.3, 0.4) is 0 Å². The van der Waals surface area contributed by atoms with E-state index in [0.717, 1.165) is 0 Å². The molecule has 1 atom stereocenters. The van der Waals surface area contributed by atoms with Crippen molar-refractivity contribution in [2.24, 2.45) is 0 Å². The van der Waals surface area contributed by atoms with Crippen molar-refractivity contribution in [2.75, 3.05) is 13.1 Å². The minimum atomic E-state index is -0.820. The van der Waals surface area contributed by atoms with Gasteiger partial charge in [-0.2, -0.15) is 0 Å². The minimum Gasteiger partial charge on any atom is -0.389 e. The zero-order valence-corrected chi connectivity index (χ0v) is 10.0. The molecule has 0 aliphatic heterocycles. The molecule has 0 aromatic carbocycles. The van der Waals surface area contributed by atoms with Crippen LogP contribution in [0.5, 0.6) is 0 Å². The van der Waals surface area contributed by atoms with Crippen molar-refractivity contribution in [2.45, 2.75) is 12.6 Å². The fraction of sp³-hybridized carbons (Fsp3) is 0.333. The van der Waals surface area contributed by atoms with Crippen LogP contribution in [0.2, 0.25) is 0 Å². The van der Waals surface area contributed by atoms with Gasteiger partial charge in [-0.3, -0.25) is 4.79 Å². The molecule has 1 rings (SSSR count). The van der Waals surface area contributed by atoms with Crippen molar-refractivity contribution < 1.29 is 9.90 Å². The molecule has 0 saturated heterocycles. The van der Waals surface area contributed by atoms with E-state index in [1.807, 2.05) is 0 Å². The highest BCUT2D eigenvalue weighted by Crippen LogP contribution is 1.88. The molecule has 18 heavy (non-hydrogen) atoms. The topological polar surface area (TPSA) is 83.4 Å². The zero-order valence-electron chi connectivity index (χ0n) is 10.0. The first-order chi connectivity index (χ1) is 8.63. The standard InChI is InChI=1S/C12H17N3O3/c1-2-6-13-12(18)14-8-10(16)9-15-7-4-3-5-11(15)17/h2-5,7,10,16H,1,6,8-9H2,(H2,13,14,18). The van der Waals surface area contributed by atoms with Crippen LogP contribution in [-0.4, -0.2) is 34.9 Å². The molecule has 6 nitrogen and oxygen atoms in total. The summed E-state index contributed by atoms with van der Waals surface area (Å²) < 4.78 is 1.38. The summed E-state index contributed by atoms with van der Waals surface area (Å²) in [4.78, 5) is 22.6. The molecule has 1 aromatic heterocycles. The number of amides is 2. The molecule has 2 amide bonds. The molecular weight excluding hydrogens is 234 g/mol. The van der Waals surface area contributed by atoms with E-state index in [9.17, 15) is 14.7 Å². The Balaban J connectivity index is 2.36. The Bertz CT molecular complexity index is 456. The van der Waals surface area contributed by atoms with Crippen LogP contribution in [0, 0.1) is 0 Å². The number of carbonyl (C=O) groups excluding carboxylic acids is 1. The largest absolute Gasteiger partial charge is 0.389 e. The molecule has 1 aromatic rings. The van der Waals surface area contributed by atoms with Gasteiger partial charge in [0.15, 0.2) is 0 Å². The maximum atomic E-state index is 11.4. The first kappa shape index (κ1) is 14.0. The van der Waals surface area contributed by atoms with Crippen molar-refractivity contribution in [1.82, 2.24) is 15.2 Å². The average Bonchev–Trinajstić information content (AvgIpc) is 2.36. The quantitative estimate of drug-likeness (QED) is 0.607. The number of aliphatic hydroxyl groups is 1. The second-order valence-corrected chi connectivity index (χ2v) is 3.72. The van der Waals surface area contributed by atoms with E-state index < -0.39 is 6.10 Å². The molecule has 0 aliphatic rings. The molecule has 3 N–H and O–H groups in total. The summed E-state index contributed by atoms with van der Waals surface area (Å²) in [7, 11) is 0. The Morgan fingerprint density at radius 2 is 2.28 bits per heavy atom. The average molecular weight is 251 g/mol. The maximum absolute atomic E-state index is 11.4. The second-order valence-electron chi connectivity index (χ2n) is 3.72. The van der Waals surface area contributed by atoms with Gasteiger partial charge in [-0.25, -0.2) is 4.79 Å². The van der Waals surface area contributed by atoms with Gasteiger partial charge in [-0.1, -0.05) is 12.1 Å². The SMILES string of the molecule is C=CCNC(=O)NCC(O)Cn1ccccc1=O. The Hall–Kier alpha value is -2.08. The van der Waals surface area contributed by atoms with Crippen molar-refractivity contribution in [1.29, 1.82) is 0 Å². The Morgan fingerprint density at radius 1 is 1.50 bits per heavy atom. The normalized spacial score (nSPS) is 11.6. The number of hydrogen-bond donors (Lipinski definition) is 3. The molecule has 0 spiro atoms. The summed E-state index contributed by atoms with van der Waals surface area (Å²) >= 11 is 0. The van der Waals surface area contributed by atoms with Gasteiger partial charge < -0.3 is 20.3 Å². The predicted octanol–water partition coefficient (Wildman–Crippen LogP) is -0.306. The number of carbonyl (C=O) groups is 1. The number of pyridine rings is 1. The summed E-state index contributed by atoms with van der Waals surface area (Å²) in [5, 5.41) is 14.7. The van der Waals surface area contributed by atoms with Gasteiger partial charge in [0.05, 0.1) is 12.6 Å². The van der Waals surface area contributed by atoms with Gasteiger partial charge >= 0.3 is 6.03 Å². The third kappa shape index (κ3) is 4.84. The molecule has 1 unspecified atom stereocenters. The van der Waals surface area contributed by atoms with Gasteiger partial charge in [0.2, 0.25) is 0 Å². The van der Waals surface area contributed by atoms with Crippen molar-refractivity contribution in [3.63, 3.8) is 0 Å². The van der Waals surface area contributed by atoms with Crippen molar-refractivity contribution >= 4 is 6.03 Å². The van der Waals surface area contributed by atoms with E-state index in [1.54, 1.807) is 24.4 Å². The predicted molar refractivity (Wildman–Crippen MR) is 68.3 cm³/mol. The van der Waals surface area contributed by atoms with Crippen LogP contribution in [0.25, 0.3) is 0 Å². The lowest BCUT2D eigenvalue weighted by Gasteiger charge is -2.13. The lowest BCUT2D eigenvalue weighted by molar-refractivity contribution is 0.150. The van der Waals surface area contributed by atoms with Gasteiger partial charge in [-0.15, -0.1) is 6.58 Å². The van der Waals surface area contributed by atoms with Crippen LogP contribution in [-0.2, 0) is 6.54 Å². The highest BCUT2D eigenvalue weighted by Gasteiger charge is 2.07. The molecule has 0 bridgehead atoms. The molecule has 6 heteroatoms. The monoisotopic (exact) mass is 251 g/mol. The fourth-order valence-electron chi connectivity index (χ4n) is 1.34. The summed E-state index contributed by atoms with van der Waals surface area (Å²) in [6, 6.07) is 4.37. The highest BCUT2D eigenvalue weighted by molar-refractivity contribution is 5.73. The van der Waals surface area contributed by atoms with Crippen LogP contribution in [0.4, 0.5) is 4.79 Å². The summed E-state index contributed by atoms with van der Waals surface area (Å²) in [5.41, 5.74) is -0.187. The number of aromatic nitrogens is 1. The van der Waals surface area contributed by atoms with E-state index in [1.165, 1.54) is 10.6 Å². The number of nitrogens with zero attached hydrogens (tertiary/aromatic N) is 1. The fourth-order valence-corrected chi connectivity index (χ4v) is 1.34. The summed E-state index contributed by atoms with van der Waals surface area (Å²) in [6.45, 7) is 4.04. The van der Waals surface area contributed by atoms with Gasteiger partial charge in [0, 0.05) is 25.4 Å². The van der Waals surface area contributed by atoms with Gasteiger partial charge in [0.25, 0.3) is 5.56 Å². The number of nitrogens with one attached hydrogen (secondary N) is 2. The van der Waals surface area contributed by atoms with E-state index in [0.29, 0.717) is 6.54 Å². The van der Waals surface area contributed by atoms with Gasteiger partial charge in [0.1, 0.15) is 0 Å². The first-order valence-corrected chi connectivity index (χ1v) is 5.59. The maximum Gasteiger partial charge on any atom is 0.315 e. The molecular formula is C12H17N3O3. The molecule has 98 valence electrons. The number of hydrogen-bond acceptors (Lipinski definition) is 3. The second kappa shape index (κ2) is 7.29. The van der Waals surface area contributed by atoms with Crippen molar-refractivity contribution in [3.8, 4) is 0 Å². The van der Waals surface area contributed by atoms with E-state index >= 15 is 0 Å². The highest BCUT2D eigenvalue weighted by atomic mass is 16.3. The van der Waals surface area contributed by atoms with Crippen LogP contribution in [0.1, 0.15) is 0 Å². The Morgan fingerprint density at radius 3 is 2.94 bits per heavy atom. The minimum absolute atomic E-state index is 0.0737. The lowest BCUT2D eigenvalue weighted by atomic mass is 10.3. The number of aliphatic hydroxyl groups excluding tert-OH is 1. The van der Waals surface area contributed by atoms with E-state index in [-0.39, 0.29) is 24.7 Å². The summed E-state index contributed by atoms with van der Waals surface area (Å²) in [5.74, 6) is 0. The van der Waals surface area contributed by atoms with Crippen LogP contribution < -0.4 is 16.2 Å². The lowest BCUT2D eigenvalue weighted by Crippen LogP contribution is -2.41. The third-order valence-electron chi connectivity index (χ3n) is 2.21. The number of urea groups is 1. The summed E-state index contributed by atoms with van der Waals surface area (Å²) in [6.07, 6.45) is 2.32. The molecule has 0 aliphatic carbocycles. The zero-order chi connectivity index (χ0) is 13.4. The van der Waals surface area contributed by atoms with Crippen LogP contribution in [0.15, 0.2) is 41.8 Å². The van der Waals surface area contributed by atoms with E-state index in [4.69, 9.17) is 0 Å². The van der Waals surface area contributed by atoms with Gasteiger partial charge in [-0.05, 0) is 6.07 Å².